The predicted molar refractivity (Wildman–Crippen MR) is 117 cm³/mol. The van der Waals surface area contributed by atoms with E-state index in [0.717, 1.165) is 24.2 Å². The fourth-order valence-electron chi connectivity index (χ4n) is 10.9. The first-order valence-corrected chi connectivity index (χ1v) is 12.7. The summed E-state index contributed by atoms with van der Waals surface area (Å²) in [5, 5.41) is 10.8. The number of fused-ring (bicyclic) bond motifs is 7. The lowest BCUT2D eigenvalue weighted by atomic mass is 9.32. The van der Waals surface area contributed by atoms with Crippen molar-refractivity contribution in [1.29, 1.82) is 0 Å². The van der Waals surface area contributed by atoms with Crippen molar-refractivity contribution in [2.45, 2.75) is 118 Å². The maximum absolute atomic E-state index is 10.8. The molecule has 0 spiro atoms. The predicted octanol–water partition coefficient (Wildman–Crippen LogP) is 7.22. The molecule has 0 saturated heterocycles. The molecule has 1 N–H and O–H groups in total. The maximum atomic E-state index is 10.8. The fourth-order valence-corrected chi connectivity index (χ4v) is 10.9. The van der Waals surface area contributed by atoms with Gasteiger partial charge in [-0.15, -0.1) is 0 Å². The molecule has 5 aliphatic carbocycles. The highest BCUT2D eigenvalue weighted by molar-refractivity contribution is 5.18. The summed E-state index contributed by atoms with van der Waals surface area (Å²) in [6, 6.07) is 0. The molecule has 5 aliphatic rings. The number of hydrogen-bond acceptors (Lipinski definition) is 1. The van der Waals surface area contributed by atoms with Crippen LogP contribution in [0.1, 0.15) is 112 Å². The zero-order valence-corrected chi connectivity index (χ0v) is 19.6. The highest BCUT2D eigenvalue weighted by Crippen LogP contribution is 2.76. The summed E-state index contributed by atoms with van der Waals surface area (Å²) < 4.78 is 0. The van der Waals surface area contributed by atoms with Gasteiger partial charge < -0.3 is 5.11 Å². The van der Waals surface area contributed by atoms with E-state index in [2.05, 4.69) is 41.5 Å². The molecule has 160 valence electrons. The van der Waals surface area contributed by atoms with Gasteiger partial charge in [-0.3, -0.25) is 0 Å². The van der Waals surface area contributed by atoms with Crippen molar-refractivity contribution in [2.24, 2.45) is 50.7 Å². The quantitative estimate of drug-likeness (QED) is 0.466. The van der Waals surface area contributed by atoms with E-state index in [-0.39, 0.29) is 11.5 Å². The Bertz CT molecular complexity index is 653. The first-order chi connectivity index (χ1) is 13.0. The molecule has 5 saturated carbocycles. The van der Waals surface area contributed by atoms with Gasteiger partial charge in [-0.2, -0.15) is 0 Å². The van der Waals surface area contributed by atoms with Crippen LogP contribution in [0.5, 0.6) is 0 Å². The van der Waals surface area contributed by atoms with Crippen molar-refractivity contribution >= 4 is 0 Å². The molecule has 1 heteroatoms. The van der Waals surface area contributed by atoms with Gasteiger partial charge in [-0.05, 0) is 115 Å². The Labute approximate surface area is 174 Å². The van der Waals surface area contributed by atoms with Crippen molar-refractivity contribution in [3.05, 3.63) is 0 Å². The highest BCUT2D eigenvalue weighted by atomic mass is 16.3. The fraction of sp³-hybridized carbons (Fsp3) is 1.00. The average molecular weight is 387 g/mol. The highest BCUT2D eigenvalue weighted by Gasteiger charge is 2.69. The van der Waals surface area contributed by atoms with E-state index in [9.17, 15) is 5.11 Å². The van der Waals surface area contributed by atoms with Crippen LogP contribution in [-0.2, 0) is 0 Å². The molecule has 0 radical (unpaired) electrons. The van der Waals surface area contributed by atoms with Gasteiger partial charge in [0.15, 0.2) is 0 Å². The zero-order valence-electron chi connectivity index (χ0n) is 19.6. The normalized spacial score (nSPS) is 60.3. The van der Waals surface area contributed by atoms with Crippen LogP contribution in [0.15, 0.2) is 0 Å². The SMILES string of the molecule is CC1(C)C2CC[C@]3(C)C(CCC4C5CCC[C@]5(C)CCC43C)[C@@]2(C)CC[C@@H]1O. The number of hydrogen-bond donors (Lipinski definition) is 1. The van der Waals surface area contributed by atoms with Gasteiger partial charge in [0, 0.05) is 0 Å². The Morgan fingerprint density at radius 3 is 2.11 bits per heavy atom. The van der Waals surface area contributed by atoms with E-state index < -0.39 is 0 Å². The molecule has 0 aliphatic heterocycles. The summed E-state index contributed by atoms with van der Waals surface area (Å²) in [6.45, 7) is 15.5. The summed E-state index contributed by atoms with van der Waals surface area (Å²) in [5.74, 6) is 3.52. The molecule has 28 heavy (non-hydrogen) atoms. The minimum atomic E-state index is -0.101. The first kappa shape index (κ1) is 19.9. The van der Waals surface area contributed by atoms with E-state index in [1.165, 1.54) is 64.2 Å². The van der Waals surface area contributed by atoms with Gasteiger partial charge >= 0.3 is 0 Å². The molecule has 1 nitrogen and oxygen atoms in total. The average Bonchev–Trinajstić information content (AvgIpc) is 3.01. The van der Waals surface area contributed by atoms with Crippen molar-refractivity contribution in [2.75, 3.05) is 0 Å². The topological polar surface area (TPSA) is 20.2 Å². The Balaban J connectivity index is 1.53. The van der Waals surface area contributed by atoms with Gasteiger partial charge in [0.2, 0.25) is 0 Å². The van der Waals surface area contributed by atoms with Gasteiger partial charge in [0.05, 0.1) is 6.10 Å². The van der Waals surface area contributed by atoms with Crippen molar-refractivity contribution < 1.29 is 5.11 Å². The number of rotatable bonds is 0. The summed E-state index contributed by atoms with van der Waals surface area (Å²) in [6.07, 6.45) is 15.3. The standard InChI is InChI=1S/C27H46O/c1-23(2)20-11-15-27(6)21(25(20,4)14-12-22(23)28)10-9-19-18-8-7-13-24(18,3)16-17-26(19,27)5/h18-22,28H,7-17H2,1-6H3/t18?,19?,20?,21?,22-,24+,25-,26?,27+/m0/s1. The number of aliphatic hydroxyl groups excluding tert-OH is 1. The molecular weight excluding hydrogens is 340 g/mol. The van der Waals surface area contributed by atoms with Gasteiger partial charge in [-0.25, -0.2) is 0 Å². The van der Waals surface area contributed by atoms with Gasteiger partial charge in [0.1, 0.15) is 0 Å². The van der Waals surface area contributed by atoms with E-state index in [0.29, 0.717) is 27.6 Å². The molecule has 9 atom stereocenters. The van der Waals surface area contributed by atoms with E-state index >= 15 is 0 Å². The molecule has 0 aromatic rings. The Morgan fingerprint density at radius 2 is 1.36 bits per heavy atom. The first-order valence-electron chi connectivity index (χ1n) is 12.7. The molecule has 0 aromatic carbocycles. The lowest BCUT2D eigenvalue weighted by Gasteiger charge is -2.72. The lowest BCUT2D eigenvalue weighted by molar-refractivity contribution is -0.244. The molecule has 0 aromatic heterocycles. The minimum absolute atomic E-state index is 0.0860. The second-order valence-corrected chi connectivity index (χ2v) is 13.7. The number of aliphatic hydroxyl groups is 1. The van der Waals surface area contributed by atoms with Crippen molar-refractivity contribution in [1.82, 2.24) is 0 Å². The maximum Gasteiger partial charge on any atom is 0.0594 e. The van der Waals surface area contributed by atoms with Crippen LogP contribution in [0.2, 0.25) is 0 Å². The van der Waals surface area contributed by atoms with Crippen molar-refractivity contribution in [3.8, 4) is 0 Å². The molecular formula is C27H46O. The van der Waals surface area contributed by atoms with Crippen LogP contribution in [0, 0.1) is 50.7 Å². The molecule has 5 rings (SSSR count). The molecule has 5 fully saturated rings. The Morgan fingerprint density at radius 1 is 0.607 bits per heavy atom. The minimum Gasteiger partial charge on any atom is -0.393 e. The summed E-state index contributed by atoms with van der Waals surface area (Å²) in [7, 11) is 0. The van der Waals surface area contributed by atoms with Crippen LogP contribution < -0.4 is 0 Å². The second kappa shape index (κ2) is 5.80. The van der Waals surface area contributed by atoms with Crippen LogP contribution in [-0.4, -0.2) is 11.2 Å². The van der Waals surface area contributed by atoms with Crippen LogP contribution in [0.25, 0.3) is 0 Å². The lowest BCUT2D eigenvalue weighted by Crippen LogP contribution is -2.66. The smallest absolute Gasteiger partial charge is 0.0594 e. The summed E-state index contributed by atoms with van der Waals surface area (Å²) >= 11 is 0. The van der Waals surface area contributed by atoms with Crippen LogP contribution in [0.4, 0.5) is 0 Å². The summed E-state index contributed by atoms with van der Waals surface area (Å²) in [4.78, 5) is 0. The molecule has 0 amide bonds. The van der Waals surface area contributed by atoms with E-state index in [1.54, 1.807) is 0 Å². The molecule has 0 bridgehead atoms. The third-order valence-corrected chi connectivity index (χ3v) is 12.8. The monoisotopic (exact) mass is 386 g/mol. The van der Waals surface area contributed by atoms with Crippen LogP contribution in [0.3, 0.4) is 0 Å². The summed E-state index contributed by atoms with van der Waals surface area (Å²) in [5.41, 5.74) is 2.22. The Hall–Kier alpha value is -0.0400. The molecule has 0 heterocycles. The second-order valence-electron chi connectivity index (χ2n) is 13.7. The van der Waals surface area contributed by atoms with E-state index in [1.807, 2.05) is 0 Å². The third-order valence-electron chi connectivity index (χ3n) is 12.8. The molecule has 5 unspecified atom stereocenters. The third kappa shape index (κ3) is 2.19. The Kier molecular flexibility index (Phi) is 4.12. The largest absolute Gasteiger partial charge is 0.393 e. The van der Waals surface area contributed by atoms with Gasteiger partial charge in [-0.1, -0.05) is 48.0 Å². The van der Waals surface area contributed by atoms with Gasteiger partial charge in [0.25, 0.3) is 0 Å². The van der Waals surface area contributed by atoms with E-state index in [4.69, 9.17) is 0 Å². The zero-order chi connectivity index (χ0) is 20.2. The van der Waals surface area contributed by atoms with Crippen molar-refractivity contribution in [3.63, 3.8) is 0 Å². The van der Waals surface area contributed by atoms with Crippen LogP contribution >= 0.6 is 0 Å².